The van der Waals surface area contributed by atoms with E-state index in [1.54, 1.807) is 6.07 Å². The number of hydrogen-bond acceptors (Lipinski definition) is 5. The fourth-order valence-electron chi connectivity index (χ4n) is 3.05. The van der Waals surface area contributed by atoms with E-state index in [9.17, 15) is 18.8 Å². The van der Waals surface area contributed by atoms with Gasteiger partial charge in [0.1, 0.15) is 12.4 Å². The zero-order valence-corrected chi connectivity index (χ0v) is 15.6. The number of fused-ring (bicyclic) bond motifs is 1. The monoisotopic (exact) mass is 397 g/mol. The molecule has 3 aromatic rings. The third-order valence-electron chi connectivity index (χ3n) is 4.50. The van der Waals surface area contributed by atoms with Crippen LogP contribution < -0.4 is 4.90 Å². The Kier molecular flexibility index (Phi) is 4.87. The molecular weight excluding hydrogens is 381 g/mol. The molecular formula is C20H16FN3O3S. The highest BCUT2D eigenvalue weighted by atomic mass is 32.1. The van der Waals surface area contributed by atoms with Crippen molar-refractivity contribution in [3.8, 4) is 0 Å². The van der Waals surface area contributed by atoms with Gasteiger partial charge in [-0.1, -0.05) is 41.7 Å². The number of aromatic nitrogens is 1. The minimum absolute atomic E-state index is 0.130. The van der Waals surface area contributed by atoms with Crippen molar-refractivity contribution in [2.24, 2.45) is 0 Å². The molecule has 1 fully saturated rings. The zero-order chi connectivity index (χ0) is 19.7. The molecule has 28 heavy (non-hydrogen) atoms. The SMILES string of the molecule is O=C1CCC(=O)N1CC(=O)N(Cc1ccccc1)c1nc2ccc(F)cc2s1. The fourth-order valence-corrected chi connectivity index (χ4v) is 4.06. The van der Waals surface area contributed by atoms with Crippen LogP contribution in [-0.2, 0) is 20.9 Å². The van der Waals surface area contributed by atoms with Crippen LogP contribution in [-0.4, -0.2) is 34.2 Å². The molecule has 1 aliphatic rings. The van der Waals surface area contributed by atoms with Crippen molar-refractivity contribution in [3.63, 3.8) is 0 Å². The van der Waals surface area contributed by atoms with Crippen LogP contribution in [0.15, 0.2) is 48.5 Å². The normalized spacial score (nSPS) is 14.1. The topological polar surface area (TPSA) is 70.6 Å². The summed E-state index contributed by atoms with van der Waals surface area (Å²) in [6.07, 6.45) is 0.260. The van der Waals surface area contributed by atoms with Gasteiger partial charge in [0.05, 0.1) is 16.8 Å². The number of hydrogen-bond donors (Lipinski definition) is 0. The molecule has 0 N–H and O–H groups in total. The number of benzene rings is 2. The summed E-state index contributed by atoms with van der Waals surface area (Å²) in [5.74, 6) is -1.47. The number of carbonyl (C=O) groups excluding carboxylic acids is 3. The molecule has 6 nitrogen and oxygen atoms in total. The minimum Gasteiger partial charge on any atom is -0.282 e. The van der Waals surface area contributed by atoms with E-state index in [2.05, 4.69) is 4.98 Å². The zero-order valence-electron chi connectivity index (χ0n) is 14.8. The predicted octanol–water partition coefficient (Wildman–Crippen LogP) is 3.12. The molecule has 0 saturated carbocycles. The van der Waals surface area contributed by atoms with E-state index in [0.717, 1.165) is 10.5 Å². The number of thiazole rings is 1. The smallest absolute Gasteiger partial charge is 0.249 e. The van der Waals surface area contributed by atoms with Crippen LogP contribution in [0.3, 0.4) is 0 Å². The Bertz CT molecular complexity index is 1050. The van der Waals surface area contributed by atoms with Gasteiger partial charge in [-0.3, -0.25) is 24.2 Å². The number of rotatable bonds is 5. The van der Waals surface area contributed by atoms with Gasteiger partial charge >= 0.3 is 0 Å². The standard InChI is InChI=1S/C20H16FN3O3S/c21-14-6-7-15-16(10-14)28-20(22-15)24(11-13-4-2-1-3-5-13)19(27)12-23-17(25)8-9-18(23)26/h1-7,10H,8-9,11-12H2. The lowest BCUT2D eigenvalue weighted by Crippen LogP contribution is -2.42. The van der Waals surface area contributed by atoms with Gasteiger partial charge in [-0.05, 0) is 23.8 Å². The maximum atomic E-state index is 13.5. The molecule has 2 aromatic carbocycles. The quantitative estimate of drug-likeness (QED) is 0.621. The van der Waals surface area contributed by atoms with E-state index in [1.165, 1.54) is 28.4 Å². The third kappa shape index (κ3) is 3.63. The highest BCUT2D eigenvalue weighted by Gasteiger charge is 2.32. The van der Waals surface area contributed by atoms with Crippen molar-refractivity contribution in [2.75, 3.05) is 11.4 Å². The number of carbonyl (C=O) groups is 3. The number of anilines is 1. The van der Waals surface area contributed by atoms with Crippen LogP contribution in [0.25, 0.3) is 10.2 Å². The summed E-state index contributed by atoms with van der Waals surface area (Å²) >= 11 is 1.19. The second-order valence-electron chi connectivity index (χ2n) is 6.45. The molecule has 4 rings (SSSR count). The van der Waals surface area contributed by atoms with E-state index in [0.29, 0.717) is 15.3 Å². The molecule has 1 saturated heterocycles. The van der Waals surface area contributed by atoms with Gasteiger partial charge in [0.15, 0.2) is 5.13 Å². The summed E-state index contributed by atoms with van der Waals surface area (Å²) in [5.41, 5.74) is 1.46. The van der Waals surface area contributed by atoms with Crippen LogP contribution in [0.2, 0.25) is 0 Å². The lowest BCUT2D eigenvalue weighted by atomic mass is 10.2. The highest BCUT2D eigenvalue weighted by molar-refractivity contribution is 7.22. The van der Waals surface area contributed by atoms with E-state index >= 15 is 0 Å². The molecule has 2 heterocycles. The van der Waals surface area contributed by atoms with Gasteiger partial charge < -0.3 is 0 Å². The first-order valence-corrected chi connectivity index (χ1v) is 9.56. The van der Waals surface area contributed by atoms with Crippen molar-refractivity contribution in [3.05, 3.63) is 59.9 Å². The number of halogens is 1. The first-order chi connectivity index (χ1) is 13.5. The van der Waals surface area contributed by atoms with E-state index in [1.807, 2.05) is 30.3 Å². The van der Waals surface area contributed by atoms with Crippen molar-refractivity contribution >= 4 is 44.4 Å². The lowest BCUT2D eigenvalue weighted by Gasteiger charge is -2.22. The second-order valence-corrected chi connectivity index (χ2v) is 7.46. The van der Waals surface area contributed by atoms with Crippen molar-refractivity contribution in [1.29, 1.82) is 0 Å². The van der Waals surface area contributed by atoms with Gasteiger partial charge in [-0.25, -0.2) is 9.37 Å². The number of likely N-dealkylation sites (tertiary alicyclic amines) is 1. The Balaban J connectivity index is 1.67. The number of amides is 3. The summed E-state index contributed by atoms with van der Waals surface area (Å²) in [6, 6.07) is 13.6. The van der Waals surface area contributed by atoms with Gasteiger partial charge in [0, 0.05) is 12.8 Å². The molecule has 0 radical (unpaired) electrons. The first-order valence-electron chi connectivity index (χ1n) is 8.75. The summed E-state index contributed by atoms with van der Waals surface area (Å²) < 4.78 is 14.1. The Morgan fingerprint density at radius 2 is 1.82 bits per heavy atom. The average molecular weight is 397 g/mol. The Morgan fingerprint density at radius 3 is 2.54 bits per heavy atom. The third-order valence-corrected chi connectivity index (χ3v) is 5.54. The lowest BCUT2D eigenvalue weighted by molar-refractivity contribution is -0.141. The fraction of sp³-hybridized carbons (Fsp3) is 0.200. The summed E-state index contributed by atoms with van der Waals surface area (Å²) in [4.78, 5) is 43.7. The first kappa shape index (κ1) is 18.2. The average Bonchev–Trinajstić information content (AvgIpc) is 3.24. The molecule has 1 aliphatic heterocycles. The minimum atomic E-state index is -0.410. The van der Waals surface area contributed by atoms with Crippen molar-refractivity contribution in [1.82, 2.24) is 9.88 Å². The van der Waals surface area contributed by atoms with E-state index in [4.69, 9.17) is 0 Å². The summed E-state index contributed by atoms with van der Waals surface area (Å²) in [7, 11) is 0. The van der Waals surface area contributed by atoms with Crippen molar-refractivity contribution < 1.29 is 18.8 Å². The maximum absolute atomic E-state index is 13.5. The number of imide groups is 1. The molecule has 0 spiro atoms. The maximum Gasteiger partial charge on any atom is 0.249 e. The molecule has 1 aromatic heterocycles. The van der Waals surface area contributed by atoms with E-state index in [-0.39, 0.29) is 43.6 Å². The van der Waals surface area contributed by atoms with Gasteiger partial charge in [0.2, 0.25) is 17.7 Å². The molecule has 142 valence electrons. The van der Waals surface area contributed by atoms with Crippen molar-refractivity contribution in [2.45, 2.75) is 19.4 Å². The molecule has 0 aliphatic carbocycles. The van der Waals surface area contributed by atoms with E-state index < -0.39 is 5.91 Å². The summed E-state index contributed by atoms with van der Waals surface area (Å²) in [5, 5.41) is 0.397. The molecule has 3 amide bonds. The Labute approximate surface area is 164 Å². The molecule has 0 unspecified atom stereocenters. The molecule has 8 heteroatoms. The van der Waals surface area contributed by atoms with Crippen LogP contribution in [0, 0.1) is 5.82 Å². The second kappa shape index (κ2) is 7.47. The Hall–Kier alpha value is -3.13. The predicted molar refractivity (Wildman–Crippen MR) is 103 cm³/mol. The van der Waals surface area contributed by atoms with Gasteiger partial charge in [-0.15, -0.1) is 0 Å². The highest BCUT2D eigenvalue weighted by Crippen LogP contribution is 2.30. The largest absolute Gasteiger partial charge is 0.282 e. The molecule has 0 atom stereocenters. The van der Waals surface area contributed by atoms with Gasteiger partial charge in [-0.2, -0.15) is 0 Å². The van der Waals surface area contributed by atoms with Crippen LogP contribution in [0.1, 0.15) is 18.4 Å². The van der Waals surface area contributed by atoms with Crippen LogP contribution >= 0.6 is 11.3 Å². The van der Waals surface area contributed by atoms with Crippen LogP contribution in [0.4, 0.5) is 9.52 Å². The number of nitrogens with zero attached hydrogens (tertiary/aromatic N) is 3. The Morgan fingerprint density at radius 1 is 1.11 bits per heavy atom. The van der Waals surface area contributed by atoms with Gasteiger partial charge in [0.25, 0.3) is 0 Å². The summed E-state index contributed by atoms with van der Waals surface area (Å²) in [6.45, 7) is -0.0903. The van der Waals surface area contributed by atoms with Crippen LogP contribution in [0.5, 0.6) is 0 Å². The molecule has 0 bridgehead atoms.